The largest absolute Gasteiger partial charge is 0.310 e. The fourth-order valence-electron chi connectivity index (χ4n) is 12.9. The maximum absolute atomic E-state index is 2.50. The van der Waals surface area contributed by atoms with E-state index >= 15 is 0 Å². The maximum atomic E-state index is 2.50. The van der Waals surface area contributed by atoms with Crippen LogP contribution in [0.15, 0.2) is 291 Å². The van der Waals surface area contributed by atoms with Crippen molar-refractivity contribution in [3.8, 4) is 55.6 Å². The molecule has 0 saturated carbocycles. The van der Waals surface area contributed by atoms with Crippen LogP contribution in [0.25, 0.3) is 66.4 Å². The molecule has 2 aliphatic rings. The molecule has 0 aromatic heterocycles. The van der Waals surface area contributed by atoms with Gasteiger partial charge in [0.05, 0.1) is 11.1 Å². The molecule has 2 aliphatic carbocycles. The minimum absolute atomic E-state index is 0.284. The monoisotopic (exact) mass is 941 g/mol. The van der Waals surface area contributed by atoms with Gasteiger partial charge >= 0.3 is 0 Å². The van der Waals surface area contributed by atoms with Gasteiger partial charge in [-0.05, 0) is 143 Å². The summed E-state index contributed by atoms with van der Waals surface area (Å²) < 4.78 is 0. The van der Waals surface area contributed by atoms with Crippen LogP contribution in [0.4, 0.5) is 17.1 Å². The Balaban J connectivity index is 0.981. The van der Waals surface area contributed by atoms with Crippen molar-refractivity contribution in [2.45, 2.75) is 17.8 Å². The van der Waals surface area contributed by atoms with Gasteiger partial charge in [0.15, 0.2) is 0 Å². The van der Waals surface area contributed by atoms with Crippen LogP contribution in [0.1, 0.15) is 45.9 Å². The normalized spacial score (nSPS) is 14.7. The third-order valence-corrected chi connectivity index (χ3v) is 16.2. The lowest BCUT2D eigenvalue weighted by Crippen LogP contribution is -2.28. The van der Waals surface area contributed by atoms with Crippen LogP contribution in [0.5, 0.6) is 0 Å². The molecule has 0 spiro atoms. The molecule has 1 atom stereocenters. The number of nitrogens with zero attached hydrogens (tertiary/aromatic N) is 1. The highest BCUT2D eigenvalue weighted by atomic mass is 15.1. The van der Waals surface area contributed by atoms with Crippen molar-refractivity contribution in [3.63, 3.8) is 0 Å². The first-order chi connectivity index (χ1) is 36.6. The topological polar surface area (TPSA) is 3.24 Å². The smallest absolute Gasteiger partial charge is 0.0714 e. The summed E-state index contributed by atoms with van der Waals surface area (Å²) in [4.78, 5) is 2.50. The van der Waals surface area contributed by atoms with Crippen molar-refractivity contribution in [2.75, 3.05) is 4.90 Å². The van der Waals surface area contributed by atoms with E-state index in [0.717, 1.165) is 22.6 Å². The summed E-state index contributed by atoms with van der Waals surface area (Å²) in [6.45, 7) is 2.40. The van der Waals surface area contributed by atoms with Gasteiger partial charge in [-0.25, -0.2) is 0 Å². The second kappa shape index (κ2) is 17.5. The summed E-state index contributed by atoms with van der Waals surface area (Å²) in [5.41, 5.74) is 23.8. The van der Waals surface area contributed by atoms with Gasteiger partial charge in [-0.3, -0.25) is 0 Å². The molecule has 0 aliphatic heterocycles. The van der Waals surface area contributed by atoms with Gasteiger partial charge in [-0.1, -0.05) is 255 Å². The minimum Gasteiger partial charge on any atom is -0.310 e. The fraction of sp³-hybridized carbons (Fsp3) is 0.0411. The molecule has 1 heteroatoms. The van der Waals surface area contributed by atoms with Gasteiger partial charge in [-0.2, -0.15) is 0 Å². The van der Waals surface area contributed by atoms with Crippen molar-refractivity contribution >= 4 is 27.8 Å². The first-order valence-corrected chi connectivity index (χ1v) is 25.8. The predicted molar refractivity (Wildman–Crippen MR) is 310 cm³/mol. The zero-order valence-corrected chi connectivity index (χ0v) is 41.2. The van der Waals surface area contributed by atoms with E-state index in [1.807, 2.05) is 0 Å². The lowest BCUT2D eigenvalue weighted by atomic mass is 9.67. The first kappa shape index (κ1) is 43.5. The van der Waals surface area contributed by atoms with Gasteiger partial charge in [0, 0.05) is 22.4 Å². The minimum atomic E-state index is -0.554. The van der Waals surface area contributed by atoms with Crippen molar-refractivity contribution in [2.24, 2.45) is 0 Å². The van der Waals surface area contributed by atoms with E-state index in [2.05, 4.69) is 303 Å². The summed E-state index contributed by atoms with van der Waals surface area (Å²) in [7, 11) is 0. The second-order valence-electron chi connectivity index (χ2n) is 20.0. The van der Waals surface area contributed by atoms with Crippen molar-refractivity contribution in [1.29, 1.82) is 0 Å². The molecule has 0 amide bonds. The number of para-hydroxylation sites is 1. The number of anilines is 3. The molecule has 74 heavy (non-hydrogen) atoms. The second-order valence-corrected chi connectivity index (χ2v) is 20.0. The van der Waals surface area contributed by atoms with Crippen LogP contribution in [-0.4, -0.2) is 0 Å². The lowest BCUT2D eigenvalue weighted by molar-refractivity contribution is 0.714. The molecule has 14 rings (SSSR count). The highest BCUT2D eigenvalue weighted by molar-refractivity contribution is 6.09. The van der Waals surface area contributed by atoms with E-state index in [4.69, 9.17) is 0 Å². The van der Waals surface area contributed by atoms with Crippen molar-refractivity contribution < 1.29 is 0 Å². The molecular weight excluding hydrogens is 891 g/mol. The Morgan fingerprint density at radius 1 is 0.270 bits per heavy atom. The summed E-state index contributed by atoms with van der Waals surface area (Å²) in [6.07, 6.45) is 0. The molecule has 12 aromatic rings. The van der Waals surface area contributed by atoms with E-state index in [9.17, 15) is 0 Å². The molecule has 0 heterocycles. The molecule has 0 radical (unpaired) electrons. The van der Waals surface area contributed by atoms with Crippen molar-refractivity contribution in [1.82, 2.24) is 0 Å². The lowest BCUT2D eigenvalue weighted by Gasteiger charge is -2.35. The van der Waals surface area contributed by atoms with Crippen LogP contribution >= 0.6 is 0 Å². The van der Waals surface area contributed by atoms with Gasteiger partial charge in [0.25, 0.3) is 0 Å². The highest BCUT2D eigenvalue weighted by Gasteiger charge is 2.46. The molecule has 12 aromatic carbocycles. The van der Waals surface area contributed by atoms with E-state index in [-0.39, 0.29) is 5.41 Å². The fourth-order valence-corrected chi connectivity index (χ4v) is 12.9. The van der Waals surface area contributed by atoms with Crippen LogP contribution in [0, 0.1) is 0 Å². The molecule has 0 bridgehead atoms. The Kier molecular flexibility index (Phi) is 10.3. The zero-order valence-electron chi connectivity index (χ0n) is 41.2. The Morgan fingerprint density at radius 3 is 1.42 bits per heavy atom. The SMILES string of the molecule is CC1(c2ccccc2)c2ccccc2-c2ccc(-c3ccc(N(c4ccc5c(c4)C(c4ccccc4)(c4ccccc4)c4ccccc4-5)c4ccccc4-c4cccc5cccc(-c6ccccc6)c45)cc3)cc21. The van der Waals surface area contributed by atoms with Crippen LogP contribution < -0.4 is 4.90 Å². The third kappa shape index (κ3) is 6.63. The molecule has 0 saturated heterocycles. The van der Waals surface area contributed by atoms with Crippen LogP contribution in [-0.2, 0) is 10.8 Å². The van der Waals surface area contributed by atoms with Crippen LogP contribution in [0.3, 0.4) is 0 Å². The van der Waals surface area contributed by atoms with Crippen molar-refractivity contribution in [3.05, 3.63) is 330 Å². The average Bonchev–Trinajstić information content (AvgIpc) is 4.00. The third-order valence-electron chi connectivity index (χ3n) is 16.2. The molecule has 1 nitrogen and oxygen atoms in total. The van der Waals surface area contributed by atoms with E-state index < -0.39 is 5.41 Å². The molecular formula is C73H51N. The summed E-state index contributed by atoms with van der Waals surface area (Å²) in [6, 6.07) is 108. The Morgan fingerprint density at radius 2 is 0.743 bits per heavy atom. The highest BCUT2D eigenvalue weighted by Crippen LogP contribution is 2.58. The van der Waals surface area contributed by atoms with E-state index in [1.165, 1.54) is 99.8 Å². The quantitative estimate of drug-likeness (QED) is 0.139. The standard InChI is InChI=1S/C73H51N/c1-72(54-26-8-3-9-27-54)66-37-17-14-32-60(66)62-46-42-53(48-68(62)72)50-40-43-57(44-41-50)74(70-39-19-16-34-64(70)65-36-21-25-52-24-20-35-59(71(52)65)51-22-6-2-7-23-51)58-45-47-63-61-33-15-18-38-67(61)73(69(63)49-58,55-28-10-4-11-29-55)56-30-12-5-13-31-56/h2-49H,1H3. The molecule has 1 unspecified atom stereocenters. The maximum Gasteiger partial charge on any atom is 0.0714 e. The molecule has 348 valence electrons. The average molecular weight is 942 g/mol. The zero-order chi connectivity index (χ0) is 49.2. The first-order valence-electron chi connectivity index (χ1n) is 25.8. The number of hydrogen-bond acceptors (Lipinski definition) is 1. The number of rotatable bonds is 9. The molecule has 0 fully saturated rings. The van der Waals surface area contributed by atoms with Gasteiger partial charge in [0.1, 0.15) is 0 Å². The Labute approximate surface area is 434 Å². The number of benzene rings is 12. The summed E-state index contributed by atoms with van der Waals surface area (Å²) >= 11 is 0. The summed E-state index contributed by atoms with van der Waals surface area (Å²) in [5.74, 6) is 0. The Hall–Kier alpha value is -9.30. The van der Waals surface area contributed by atoms with Gasteiger partial charge in [-0.15, -0.1) is 0 Å². The number of hydrogen-bond donors (Lipinski definition) is 0. The summed E-state index contributed by atoms with van der Waals surface area (Å²) in [5, 5.41) is 2.45. The predicted octanol–water partition coefficient (Wildman–Crippen LogP) is 19.0. The van der Waals surface area contributed by atoms with Gasteiger partial charge < -0.3 is 4.90 Å². The van der Waals surface area contributed by atoms with E-state index in [0.29, 0.717) is 0 Å². The van der Waals surface area contributed by atoms with Gasteiger partial charge in [0.2, 0.25) is 0 Å². The van der Waals surface area contributed by atoms with E-state index in [1.54, 1.807) is 0 Å². The molecule has 0 N–H and O–H groups in total. The van der Waals surface area contributed by atoms with Crippen LogP contribution in [0.2, 0.25) is 0 Å². The number of fused-ring (bicyclic) bond motifs is 7. The Bertz CT molecular complexity index is 4020.